The number of thiazole rings is 1. The molecule has 0 aliphatic carbocycles. The number of alkyl halides is 4. The molecule has 4 nitrogen and oxygen atoms in total. The van der Waals surface area contributed by atoms with Crippen LogP contribution in [0.2, 0.25) is 0 Å². The second kappa shape index (κ2) is 6.98. The Morgan fingerprint density at radius 2 is 2.20 bits per heavy atom. The Balaban J connectivity index is 2.55. The predicted molar refractivity (Wildman–Crippen MR) is 68.5 cm³/mol. The molecule has 0 atom stereocenters. The molecule has 9 heteroatoms. The van der Waals surface area contributed by atoms with Crippen LogP contribution >= 0.6 is 11.3 Å². The van der Waals surface area contributed by atoms with Crippen LogP contribution in [-0.2, 0) is 11.3 Å². The van der Waals surface area contributed by atoms with Crippen LogP contribution in [0.5, 0.6) is 0 Å². The fourth-order valence-corrected chi connectivity index (χ4v) is 2.36. The van der Waals surface area contributed by atoms with Crippen LogP contribution in [0.25, 0.3) is 0 Å². The van der Waals surface area contributed by atoms with Gasteiger partial charge in [0.05, 0.1) is 12.2 Å². The summed E-state index contributed by atoms with van der Waals surface area (Å²) in [7, 11) is 0. The molecule has 1 heterocycles. The highest BCUT2D eigenvalue weighted by Gasteiger charge is 2.40. The van der Waals surface area contributed by atoms with Gasteiger partial charge in [0.1, 0.15) is 0 Å². The van der Waals surface area contributed by atoms with Crippen molar-refractivity contribution in [2.45, 2.75) is 32.7 Å². The smallest absolute Gasteiger partial charge is 0.305 e. The van der Waals surface area contributed by atoms with Crippen LogP contribution < -0.4 is 10.2 Å². The van der Waals surface area contributed by atoms with Gasteiger partial charge in [-0.3, -0.25) is 9.69 Å². The third kappa shape index (κ3) is 4.41. The maximum Gasteiger partial charge on any atom is 0.319 e. The Morgan fingerprint density at radius 1 is 1.55 bits per heavy atom. The Kier molecular flexibility index (Phi) is 5.88. The van der Waals surface area contributed by atoms with E-state index in [1.54, 1.807) is 12.3 Å². The van der Waals surface area contributed by atoms with E-state index in [0.717, 1.165) is 0 Å². The van der Waals surface area contributed by atoms with E-state index in [2.05, 4.69) is 10.3 Å². The summed E-state index contributed by atoms with van der Waals surface area (Å²) in [5, 5.41) is 4.28. The summed E-state index contributed by atoms with van der Waals surface area (Å²) < 4.78 is 49.2. The predicted octanol–water partition coefficient (Wildman–Crippen LogP) is 2.51. The zero-order valence-electron chi connectivity index (χ0n) is 11.0. The molecule has 0 saturated carbocycles. The van der Waals surface area contributed by atoms with Crippen LogP contribution in [0, 0.1) is 0 Å². The first-order chi connectivity index (χ1) is 9.27. The number of halogens is 4. The van der Waals surface area contributed by atoms with Crippen molar-refractivity contribution in [1.82, 2.24) is 10.3 Å². The first kappa shape index (κ1) is 16.8. The molecule has 1 N–H and O–H groups in total. The summed E-state index contributed by atoms with van der Waals surface area (Å²) in [4.78, 5) is 16.8. The lowest BCUT2D eigenvalue weighted by atomic mass is 10.3. The zero-order chi connectivity index (χ0) is 15.3. The maximum atomic E-state index is 12.7. The minimum atomic E-state index is -4.06. The lowest BCUT2D eigenvalue weighted by Crippen LogP contribution is -2.38. The number of nitrogens with zero attached hydrogens (tertiary/aromatic N) is 2. The van der Waals surface area contributed by atoms with E-state index in [1.165, 1.54) is 23.2 Å². The van der Waals surface area contributed by atoms with Crippen molar-refractivity contribution in [2.75, 3.05) is 18.0 Å². The zero-order valence-corrected chi connectivity index (χ0v) is 11.8. The molecule has 0 aromatic carbocycles. The number of carbonyl (C=O) groups is 1. The molecule has 20 heavy (non-hydrogen) atoms. The second-order valence-corrected chi connectivity index (χ2v) is 4.89. The quantitative estimate of drug-likeness (QED) is 0.787. The molecule has 0 unspecified atom stereocenters. The first-order valence-corrected chi connectivity index (χ1v) is 6.75. The summed E-state index contributed by atoms with van der Waals surface area (Å²) >= 11 is 1.19. The normalized spacial score (nSPS) is 11.9. The van der Waals surface area contributed by atoms with E-state index in [4.69, 9.17) is 0 Å². The molecule has 114 valence electrons. The number of nitrogens with one attached hydrogen (secondary N) is 1. The molecular formula is C11H15F4N3OS. The van der Waals surface area contributed by atoms with Gasteiger partial charge in [-0.05, 0) is 6.92 Å². The van der Waals surface area contributed by atoms with Gasteiger partial charge in [-0.1, -0.05) is 0 Å². The molecule has 1 aromatic heterocycles. The van der Waals surface area contributed by atoms with Crippen molar-refractivity contribution in [2.24, 2.45) is 0 Å². The summed E-state index contributed by atoms with van der Waals surface area (Å²) in [6.07, 6.45) is -3.70. The fraction of sp³-hybridized carbons (Fsp3) is 0.636. The molecule has 0 aliphatic rings. The van der Waals surface area contributed by atoms with Gasteiger partial charge < -0.3 is 5.32 Å². The van der Waals surface area contributed by atoms with E-state index in [1.807, 2.05) is 0 Å². The van der Waals surface area contributed by atoms with Gasteiger partial charge in [0.2, 0.25) is 5.91 Å². The summed E-state index contributed by atoms with van der Waals surface area (Å²) in [5.74, 6) is -4.24. The fourth-order valence-electron chi connectivity index (χ4n) is 1.43. The molecular weight excluding hydrogens is 298 g/mol. The average Bonchev–Trinajstić information content (AvgIpc) is 2.77. The first-order valence-electron chi connectivity index (χ1n) is 5.87. The van der Waals surface area contributed by atoms with Gasteiger partial charge in [0.25, 0.3) is 0 Å². The number of hydrogen-bond donors (Lipinski definition) is 1. The molecule has 1 rings (SSSR count). The van der Waals surface area contributed by atoms with Gasteiger partial charge in [0.15, 0.2) is 5.13 Å². The highest BCUT2D eigenvalue weighted by molar-refractivity contribution is 7.14. The van der Waals surface area contributed by atoms with Crippen molar-refractivity contribution in [1.29, 1.82) is 0 Å². The van der Waals surface area contributed by atoms with Crippen LogP contribution in [0.1, 0.15) is 19.5 Å². The van der Waals surface area contributed by atoms with Gasteiger partial charge >= 0.3 is 12.3 Å². The number of anilines is 1. The third-order valence-electron chi connectivity index (χ3n) is 2.45. The molecule has 1 amide bonds. The highest BCUT2D eigenvalue weighted by atomic mass is 32.1. The standard InChI is InChI=1S/C11H15F4N3OS/c1-3-18(7(2)19)10-17-8(5-20-10)4-16-6-11(14,15)9(12)13/h5,9,16H,3-4,6H2,1-2H3. The molecule has 0 spiro atoms. The molecule has 0 aliphatic heterocycles. The average molecular weight is 313 g/mol. The van der Waals surface area contributed by atoms with E-state index in [9.17, 15) is 22.4 Å². The van der Waals surface area contributed by atoms with Crippen LogP contribution in [0.3, 0.4) is 0 Å². The van der Waals surface area contributed by atoms with Gasteiger partial charge in [-0.15, -0.1) is 11.3 Å². The maximum absolute atomic E-state index is 12.7. The minimum Gasteiger partial charge on any atom is -0.305 e. The highest BCUT2D eigenvalue weighted by Crippen LogP contribution is 2.23. The van der Waals surface area contributed by atoms with Crippen LogP contribution in [0.4, 0.5) is 22.7 Å². The van der Waals surface area contributed by atoms with Crippen molar-refractivity contribution in [3.8, 4) is 0 Å². The molecule has 0 bridgehead atoms. The topological polar surface area (TPSA) is 45.2 Å². The molecule has 1 aromatic rings. The third-order valence-corrected chi connectivity index (χ3v) is 3.37. The Labute approximate surface area is 117 Å². The number of amides is 1. The van der Waals surface area contributed by atoms with E-state index < -0.39 is 18.9 Å². The Hall–Kier alpha value is -1.22. The SMILES string of the molecule is CCN(C(C)=O)c1nc(CNCC(F)(F)C(F)F)cs1. The lowest BCUT2D eigenvalue weighted by molar-refractivity contribution is -0.125. The van der Waals surface area contributed by atoms with Crippen molar-refractivity contribution in [3.63, 3.8) is 0 Å². The molecule has 0 radical (unpaired) electrons. The minimum absolute atomic E-state index is 0.0612. The van der Waals surface area contributed by atoms with E-state index in [-0.39, 0.29) is 12.5 Å². The van der Waals surface area contributed by atoms with Crippen LogP contribution in [0.15, 0.2) is 5.38 Å². The van der Waals surface area contributed by atoms with Gasteiger partial charge in [-0.2, -0.15) is 8.78 Å². The summed E-state index contributed by atoms with van der Waals surface area (Å²) in [6.45, 7) is 2.44. The van der Waals surface area contributed by atoms with Crippen molar-refractivity contribution < 1.29 is 22.4 Å². The number of rotatable bonds is 7. The Bertz CT molecular complexity index is 453. The van der Waals surface area contributed by atoms with Crippen molar-refractivity contribution in [3.05, 3.63) is 11.1 Å². The number of carbonyl (C=O) groups excluding carboxylic acids is 1. The van der Waals surface area contributed by atoms with E-state index >= 15 is 0 Å². The van der Waals surface area contributed by atoms with E-state index in [0.29, 0.717) is 17.4 Å². The molecule has 0 saturated heterocycles. The monoisotopic (exact) mass is 313 g/mol. The lowest BCUT2D eigenvalue weighted by Gasteiger charge is -2.15. The second-order valence-electron chi connectivity index (χ2n) is 4.05. The largest absolute Gasteiger partial charge is 0.319 e. The van der Waals surface area contributed by atoms with Crippen molar-refractivity contribution >= 4 is 22.4 Å². The summed E-state index contributed by atoms with van der Waals surface area (Å²) in [5.41, 5.74) is 0.426. The van der Waals surface area contributed by atoms with Crippen LogP contribution in [-0.4, -0.2) is 36.3 Å². The van der Waals surface area contributed by atoms with Gasteiger partial charge in [-0.25, -0.2) is 13.8 Å². The molecule has 0 fully saturated rings. The summed E-state index contributed by atoms with van der Waals surface area (Å²) in [6, 6.07) is 0. The van der Waals surface area contributed by atoms with Gasteiger partial charge in [0, 0.05) is 25.4 Å². The number of hydrogen-bond acceptors (Lipinski definition) is 4. The Morgan fingerprint density at radius 3 is 2.70 bits per heavy atom. The number of aromatic nitrogens is 1.